The van der Waals surface area contributed by atoms with Gasteiger partial charge < -0.3 is 9.47 Å². The molecule has 2 heterocycles. The van der Waals surface area contributed by atoms with Gasteiger partial charge in [-0.25, -0.2) is 4.98 Å². The van der Waals surface area contributed by atoms with Crippen LogP contribution < -0.4 is 0 Å². The Balaban J connectivity index is 1.27. The van der Waals surface area contributed by atoms with Gasteiger partial charge in [-0.05, 0) is 57.8 Å². The first-order valence-corrected chi connectivity index (χ1v) is 10.0. The Bertz CT molecular complexity index is 578. The predicted octanol–water partition coefficient (Wildman–Crippen LogP) is 3.89. The van der Waals surface area contributed by atoms with E-state index in [0.717, 1.165) is 38.4 Å². The first-order valence-electron chi connectivity index (χ1n) is 10.0. The molecular formula is C20H31N3O. The highest BCUT2D eigenvalue weighted by molar-refractivity contribution is 5.79. The van der Waals surface area contributed by atoms with Gasteiger partial charge in [-0.2, -0.15) is 0 Å². The maximum atomic E-state index is 12.3. The lowest BCUT2D eigenvalue weighted by Crippen LogP contribution is -2.43. The van der Waals surface area contributed by atoms with Crippen molar-refractivity contribution in [3.8, 4) is 0 Å². The first-order chi connectivity index (χ1) is 11.7. The molecule has 0 radical (unpaired) electrons. The van der Waals surface area contributed by atoms with Crippen LogP contribution >= 0.6 is 0 Å². The van der Waals surface area contributed by atoms with Crippen molar-refractivity contribution in [3.05, 3.63) is 17.7 Å². The molecule has 0 spiro atoms. The monoisotopic (exact) mass is 329 g/mol. The number of likely N-dealkylation sites (tertiary alicyclic amines) is 1. The highest BCUT2D eigenvalue weighted by Crippen LogP contribution is 2.36. The summed E-state index contributed by atoms with van der Waals surface area (Å²) in [5, 5.41) is 0. The Kier molecular flexibility index (Phi) is 4.64. The van der Waals surface area contributed by atoms with Crippen LogP contribution in [-0.4, -0.2) is 33.4 Å². The van der Waals surface area contributed by atoms with E-state index in [4.69, 9.17) is 0 Å². The summed E-state index contributed by atoms with van der Waals surface area (Å²) < 4.78 is 2.47. The summed E-state index contributed by atoms with van der Waals surface area (Å²) in [5.74, 6) is 3.61. The number of nitrogens with zero attached hydrogens (tertiary/aromatic N) is 3. The molecule has 132 valence electrons. The fraction of sp³-hybridized carbons (Fsp3) is 0.800. The number of aryl methyl sites for hydroxylation is 1. The molecule has 0 atom stereocenters. The van der Waals surface area contributed by atoms with Crippen LogP contribution in [0, 0.1) is 18.8 Å². The fourth-order valence-electron chi connectivity index (χ4n) is 4.43. The van der Waals surface area contributed by atoms with Crippen LogP contribution in [0.5, 0.6) is 0 Å². The lowest BCUT2D eigenvalue weighted by molar-refractivity contribution is -0.139. The maximum absolute atomic E-state index is 12.3. The van der Waals surface area contributed by atoms with Crippen molar-refractivity contribution in [1.29, 1.82) is 0 Å². The number of imidazole rings is 1. The van der Waals surface area contributed by atoms with E-state index >= 15 is 0 Å². The summed E-state index contributed by atoms with van der Waals surface area (Å²) in [6.07, 6.45) is 13.2. The largest absolute Gasteiger partial charge is 0.342 e. The zero-order valence-corrected chi connectivity index (χ0v) is 15.0. The summed E-state index contributed by atoms with van der Waals surface area (Å²) in [6, 6.07) is 0. The zero-order chi connectivity index (χ0) is 16.5. The van der Waals surface area contributed by atoms with Crippen molar-refractivity contribution in [3.63, 3.8) is 0 Å². The molecule has 1 aromatic rings. The predicted molar refractivity (Wildman–Crippen MR) is 94.8 cm³/mol. The minimum absolute atomic E-state index is 0.361. The van der Waals surface area contributed by atoms with E-state index < -0.39 is 0 Å². The Morgan fingerprint density at radius 2 is 1.83 bits per heavy atom. The summed E-state index contributed by atoms with van der Waals surface area (Å²) >= 11 is 0. The van der Waals surface area contributed by atoms with Crippen molar-refractivity contribution >= 4 is 5.91 Å². The van der Waals surface area contributed by atoms with Crippen molar-refractivity contribution < 1.29 is 4.79 Å². The number of carbonyl (C=O) groups excluding carboxylic acids is 1. The van der Waals surface area contributed by atoms with E-state index in [9.17, 15) is 4.79 Å². The van der Waals surface area contributed by atoms with Gasteiger partial charge in [0.1, 0.15) is 5.82 Å². The van der Waals surface area contributed by atoms with Crippen molar-refractivity contribution in [2.75, 3.05) is 13.1 Å². The van der Waals surface area contributed by atoms with Crippen LogP contribution in [-0.2, 0) is 11.3 Å². The highest BCUT2D eigenvalue weighted by atomic mass is 16.2. The van der Waals surface area contributed by atoms with Crippen LogP contribution in [0.4, 0.5) is 0 Å². The standard InChI is InChI=1S/C20H31N3O/c1-15-14-21-19(17-4-2-5-17)23(15)13-10-16-8-11-22(12-9-16)20(24)18-6-3-7-18/h14,16-18H,2-13H2,1H3. The minimum atomic E-state index is 0.361. The van der Waals surface area contributed by atoms with E-state index in [1.165, 1.54) is 56.5 Å². The van der Waals surface area contributed by atoms with E-state index in [1.54, 1.807) is 0 Å². The van der Waals surface area contributed by atoms with E-state index in [1.807, 2.05) is 6.20 Å². The molecule has 0 bridgehead atoms. The molecule has 3 aliphatic rings. The fourth-order valence-corrected chi connectivity index (χ4v) is 4.43. The molecule has 0 unspecified atom stereocenters. The normalized spacial score (nSPS) is 23.1. The summed E-state index contributed by atoms with van der Waals surface area (Å²) in [6.45, 7) is 5.27. The van der Waals surface area contributed by atoms with Crippen molar-refractivity contribution in [2.45, 2.75) is 77.2 Å². The lowest BCUT2D eigenvalue weighted by Gasteiger charge is -2.36. The number of hydrogen-bond acceptors (Lipinski definition) is 2. The summed E-state index contributed by atoms with van der Waals surface area (Å²) in [5.41, 5.74) is 1.31. The van der Waals surface area contributed by atoms with Gasteiger partial charge in [0.05, 0.1) is 0 Å². The average molecular weight is 329 g/mol. The molecule has 4 rings (SSSR count). The molecule has 1 amide bonds. The second kappa shape index (κ2) is 6.89. The van der Waals surface area contributed by atoms with Gasteiger partial charge >= 0.3 is 0 Å². The van der Waals surface area contributed by atoms with E-state index in [0.29, 0.717) is 17.7 Å². The Morgan fingerprint density at radius 1 is 1.12 bits per heavy atom. The number of hydrogen-bond donors (Lipinski definition) is 0. The van der Waals surface area contributed by atoms with Gasteiger partial charge in [0.25, 0.3) is 0 Å². The van der Waals surface area contributed by atoms with Crippen molar-refractivity contribution in [1.82, 2.24) is 14.5 Å². The molecule has 0 N–H and O–H groups in total. The molecule has 0 aromatic carbocycles. The second-order valence-corrected chi connectivity index (χ2v) is 8.22. The zero-order valence-electron chi connectivity index (χ0n) is 15.0. The molecule has 1 saturated heterocycles. The van der Waals surface area contributed by atoms with E-state index in [-0.39, 0.29) is 0 Å². The molecule has 4 nitrogen and oxygen atoms in total. The number of carbonyl (C=O) groups is 1. The van der Waals surface area contributed by atoms with E-state index in [2.05, 4.69) is 21.4 Å². The van der Waals surface area contributed by atoms with Gasteiger partial charge in [-0.1, -0.05) is 12.8 Å². The van der Waals surface area contributed by atoms with Gasteiger partial charge in [0, 0.05) is 43.4 Å². The molecule has 1 aromatic heterocycles. The third-order valence-electron chi connectivity index (χ3n) is 6.70. The molecule has 1 aliphatic heterocycles. The van der Waals surface area contributed by atoms with Gasteiger partial charge in [0.2, 0.25) is 5.91 Å². The van der Waals surface area contributed by atoms with Crippen molar-refractivity contribution in [2.24, 2.45) is 11.8 Å². The van der Waals surface area contributed by atoms with Crippen LogP contribution in [0.15, 0.2) is 6.20 Å². The number of amides is 1. The smallest absolute Gasteiger partial charge is 0.225 e. The third-order valence-corrected chi connectivity index (χ3v) is 6.70. The third kappa shape index (κ3) is 3.12. The van der Waals surface area contributed by atoms with Gasteiger partial charge in [0.15, 0.2) is 0 Å². The second-order valence-electron chi connectivity index (χ2n) is 8.22. The molecular weight excluding hydrogens is 298 g/mol. The molecule has 3 fully saturated rings. The molecule has 2 saturated carbocycles. The SMILES string of the molecule is Cc1cnc(C2CCC2)n1CCC1CCN(C(=O)C2CCC2)CC1. The number of aromatic nitrogens is 2. The quantitative estimate of drug-likeness (QED) is 0.822. The molecule has 4 heteroatoms. The lowest BCUT2D eigenvalue weighted by atomic mass is 9.83. The highest BCUT2D eigenvalue weighted by Gasteiger charge is 2.31. The Labute approximate surface area is 145 Å². The summed E-state index contributed by atoms with van der Waals surface area (Å²) in [4.78, 5) is 19.2. The van der Waals surface area contributed by atoms with Gasteiger partial charge in [-0.15, -0.1) is 0 Å². The van der Waals surface area contributed by atoms with Crippen LogP contribution in [0.25, 0.3) is 0 Å². The van der Waals surface area contributed by atoms with Crippen LogP contribution in [0.2, 0.25) is 0 Å². The number of rotatable bonds is 5. The maximum Gasteiger partial charge on any atom is 0.225 e. The van der Waals surface area contributed by atoms with Crippen LogP contribution in [0.1, 0.15) is 75.2 Å². The number of piperidine rings is 1. The Morgan fingerprint density at radius 3 is 2.42 bits per heavy atom. The molecule has 24 heavy (non-hydrogen) atoms. The average Bonchev–Trinajstić information content (AvgIpc) is 2.83. The minimum Gasteiger partial charge on any atom is -0.342 e. The Hall–Kier alpha value is -1.32. The van der Waals surface area contributed by atoms with Gasteiger partial charge in [-0.3, -0.25) is 4.79 Å². The summed E-state index contributed by atoms with van der Waals surface area (Å²) in [7, 11) is 0. The topological polar surface area (TPSA) is 38.1 Å². The van der Waals surface area contributed by atoms with Crippen LogP contribution in [0.3, 0.4) is 0 Å². The first kappa shape index (κ1) is 16.2. The molecule has 2 aliphatic carbocycles.